The second-order valence-corrected chi connectivity index (χ2v) is 5.42. The molecule has 0 unspecified atom stereocenters. The summed E-state index contributed by atoms with van der Waals surface area (Å²) in [4.78, 5) is 0. The first kappa shape index (κ1) is 11.7. The summed E-state index contributed by atoms with van der Waals surface area (Å²) < 4.78 is 25.7. The lowest BCUT2D eigenvalue weighted by molar-refractivity contribution is -0.0411. The third-order valence-corrected chi connectivity index (χ3v) is 2.63. The Hall–Kier alpha value is -0.400. The van der Waals surface area contributed by atoms with Crippen LogP contribution in [0.4, 0.5) is 8.78 Å². The third-order valence-electron chi connectivity index (χ3n) is 2.63. The molecule has 1 aliphatic rings. The van der Waals surface area contributed by atoms with Crippen molar-refractivity contribution in [2.75, 3.05) is 0 Å². The smallest absolute Gasteiger partial charge is 0.207 e. The standard InChI is InChI=1S/C12H20F2/c1-11(2,3)7-4-10-5-8-12(13,14)9-6-10/h4,7,10H,5-6,8-9H2,1-3H3/b7-4+. The van der Waals surface area contributed by atoms with Crippen LogP contribution in [0, 0.1) is 11.3 Å². The van der Waals surface area contributed by atoms with Gasteiger partial charge in [0.05, 0.1) is 0 Å². The lowest BCUT2D eigenvalue weighted by Gasteiger charge is -2.26. The Bertz CT molecular complexity index is 201. The molecule has 0 nitrogen and oxygen atoms in total. The zero-order valence-electron chi connectivity index (χ0n) is 9.32. The molecule has 14 heavy (non-hydrogen) atoms. The molecule has 0 spiro atoms. The SMILES string of the molecule is CC(C)(C)/C=C/C1CCC(F)(F)CC1. The van der Waals surface area contributed by atoms with Crippen molar-refractivity contribution in [1.29, 1.82) is 0 Å². The molecule has 1 fully saturated rings. The number of hydrogen-bond donors (Lipinski definition) is 0. The van der Waals surface area contributed by atoms with Crippen LogP contribution in [0.5, 0.6) is 0 Å². The van der Waals surface area contributed by atoms with Gasteiger partial charge >= 0.3 is 0 Å². The van der Waals surface area contributed by atoms with E-state index in [-0.39, 0.29) is 18.3 Å². The molecule has 0 amide bonds. The molecule has 0 heterocycles. The van der Waals surface area contributed by atoms with Crippen LogP contribution in [-0.4, -0.2) is 5.92 Å². The van der Waals surface area contributed by atoms with Gasteiger partial charge < -0.3 is 0 Å². The Morgan fingerprint density at radius 1 is 1.14 bits per heavy atom. The van der Waals surface area contributed by atoms with Crippen molar-refractivity contribution in [2.45, 2.75) is 52.4 Å². The van der Waals surface area contributed by atoms with Gasteiger partial charge in [0.15, 0.2) is 0 Å². The van der Waals surface area contributed by atoms with Crippen LogP contribution in [0.15, 0.2) is 12.2 Å². The second kappa shape index (κ2) is 4.00. The molecule has 82 valence electrons. The number of alkyl halides is 2. The molecule has 0 atom stereocenters. The highest BCUT2D eigenvalue weighted by Crippen LogP contribution is 2.37. The Kier molecular flexibility index (Phi) is 3.33. The number of allylic oxidation sites excluding steroid dienone is 2. The molecule has 0 aromatic heterocycles. The summed E-state index contributed by atoms with van der Waals surface area (Å²) in [6.45, 7) is 6.38. The molecule has 0 bridgehead atoms. The maximum absolute atomic E-state index is 12.8. The average Bonchev–Trinajstić information content (AvgIpc) is 2.01. The minimum Gasteiger partial charge on any atom is -0.207 e. The molecule has 0 radical (unpaired) electrons. The van der Waals surface area contributed by atoms with Crippen LogP contribution >= 0.6 is 0 Å². The van der Waals surface area contributed by atoms with Crippen molar-refractivity contribution in [3.05, 3.63) is 12.2 Å². The van der Waals surface area contributed by atoms with Crippen LogP contribution in [-0.2, 0) is 0 Å². The number of rotatable bonds is 1. The van der Waals surface area contributed by atoms with Crippen molar-refractivity contribution in [3.8, 4) is 0 Å². The Labute approximate surface area is 85.4 Å². The van der Waals surface area contributed by atoms with Gasteiger partial charge in [0.25, 0.3) is 0 Å². The van der Waals surface area contributed by atoms with E-state index in [0.717, 1.165) is 0 Å². The van der Waals surface area contributed by atoms with Gasteiger partial charge in [-0.15, -0.1) is 0 Å². The molecule has 0 saturated heterocycles. The molecule has 1 saturated carbocycles. The number of hydrogen-bond acceptors (Lipinski definition) is 0. The molecule has 0 aromatic rings. The van der Waals surface area contributed by atoms with E-state index in [4.69, 9.17) is 0 Å². The van der Waals surface area contributed by atoms with E-state index in [2.05, 4.69) is 32.9 Å². The van der Waals surface area contributed by atoms with Gasteiger partial charge in [0.1, 0.15) is 0 Å². The molecule has 0 aliphatic heterocycles. The first-order chi connectivity index (χ1) is 6.29. The first-order valence-corrected chi connectivity index (χ1v) is 5.36. The summed E-state index contributed by atoms with van der Waals surface area (Å²) in [5.74, 6) is -2.03. The van der Waals surface area contributed by atoms with Crippen LogP contribution in [0.25, 0.3) is 0 Å². The summed E-state index contributed by atoms with van der Waals surface area (Å²) in [6.07, 6.45) is 5.66. The average molecular weight is 202 g/mol. The molecule has 0 aromatic carbocycles. The fourth-order valence-electron chi connectivity index (χ4n) is 1.68. The van der Waals surface area contributed by atoms with Crippen LogP contribution in [0.1, 0.15) is 46.5 Å². The minimum absolute atomic E-state index is 0.0617. The summed E-state index contributed by atoms with van der Waals surface area (Å²) in [7, 11) is 0. The van der Waals surface area contributed by atoms with E-state index in [9.17, 15) is 8.78 Å². The van der Waals surface area contributed by atoms with E-state index < -0.39 is 5.92 Å². The Balaban J connectivity index is 2.40. The normalized spacial score (nSPS) is 24.4. The van der Waals surface area contributed by atoms with Gasteiger partial charge in [-0.2, -0.15) is 0 Å². The summed E-state index contributed by atoms with van der Waals surface area (Å²) in [5, 5.41) is 0. The molecular formula is C12H20F2. The molecule has 2 heteroatoms. The summed E-state index contributed by atoms with van der Waals surface area (Å²) in [6, 6.07) is 0. The minimum atomic E-state index is -2.40. The summed E-state index contributed by atoms with van der Waals surface area (Å²) in [5.41, 5.74) is 0.167. The lowest BCUT2D eigenvalue weighted by Crippen LogP contribution is -2.23. The van der Waals surface area contributed by atoms with Crippen LogP contribution in [0.3, 0.4) is 0 Å². The topological polar surface area (TPSA) is 0 Å². The van der Waals surface area contributed by atoms with Crippen LogP contribution in [0.2, 0.25) is 0 Å². The predicted molar refractivity (Wildman–Crippen MR) is 55.5 cm³/mol. The predicted octanol–water partition coefficient (Wildman–Crippen LogP) is 4.41. The van der Waals surface area contributed by atoms with E-state index in [1.54, 1.807) is 0 Å². The highest BCUT2D eigenvalue weighted by Gasteiger charge is 2.33. The monoisotopic (exact) mass is 202 g/mol. The zero-order chi connectivity index (χ0) is 10.8. The number of halogens is 2. The Morgan fingerprint density at radius 3 is 2.07 bits per heavy atom. The van der Waals surface area contributed by atoms with E-state index in [1.165, 1.54) is 0 Å². The second-order valence-electron chi connectivity index (χ2n) is 5.42. The fourth-order valence-corrected chi connectivity index (χ4v) is 1.68. The van der Waals surface area contributed by atoms with E-state index >= 15 is 0 Å². The third kappa shape index (κ3) is 4.21. The molecule has 1 rings (SSSR count). The fraction of sp³-hybridized carbons (Fsp3) is 0.833. The highest BCUT2D eigenvalue weighted by atomic mass is 19.3. The van der Waals surface area contributed by atoms with Gasteiger partial charge in [0, 0.05) is 12.8 Å². The Morgan fingerprint density at radius 2 is 1.64 bits per heavy atom. The largest absolute Gasteiger partial charge is 0.248 e. The van der Waals surface area contributed by atoms with Crippen molar-refractivity contribution >= 4 is 0 Å². The quantitative estimate of drug-likeness (QED) is 0.552. The van der Waals surface area contributed by atoms with Crippen LogP contribution < -0.4 is 0 Å². The van der Waals surface area contributed by atoms with Crippen molar-refractivity contribution in [3.63, 3.8) is 0 Å². The van der Waals surface area contributed by atoms with E-state index in [1.807, 2.05) is 0 Å². The van der Waals surface area contributed by atoms with Crippen molar-refractivity contribution in [2.24, 2.45) is 11.3 Å². The van der Waals surface area contributed by atoms with Gasteiger partial charge in [-0.05, 0) is 24.2 Å². The van der Waals surface area contributed by atoms with Gasteiger partial charge in [0.2, 0.25) is 5.92 Å². The molecule has 1 aliphatic carbocycles. The first-order valence-electron chi connectivity index (χ1n) is 5.36. The van der Waals surface area contributed by atoms with Crippen molar-refractivity contribution < 1.29 is 8.78 Å². The lowest BCUT2D eigenvalue weighted by atomic mass is 9.84. The maximum Gasteiger partial charge on any atom is 0.248 e. The van der Waals surface area contributed by atoms with Gasteiger partial charge in [-0.1, -0.05) is 32.9 Å². The van der Waals surface area contributed by atoms with E-state index in [0.29, 0.717) is 18.8 Å². The zero-order valence-corrected chi connectivity index (χ0v) is 9.32. The molecular weight excluding hydrogens is 182 g/mol. The highest BCUT2D eigenvalue weighted by molar-refractivity contribution is 4.98. The van der Waals surface area contributed by atoms with Crippen molar-refractivity contribution in [1.82, 2.24) is 0 Å². The molecule has 0 N–H and O–H groups in total. The van der Waals surface area contributed by atoms with Gasteiger partial charge in [-0.3, -0.25) is 0 Å². The summed E-state index contributed by atoms with van der Waals surface area (Å²) >= 11 is 0. The van der Waals surface area contributed by atoms with Gasteiger partial charge in [-0.25, -0.2) is 8.78 Å². The maximum atomic E-state index is 12.8.